The van der Waals surface area contributed by atoms with E-state index < -0.39 is 0 Å². The molecule has 0 bridgehead atoms. The van der Waals surface area contributed by atoms with Crippen molar-refractivity contribution in [1.29, 1.82) is 0 Å². The molecule has 4 rings (SSSR count). The number of hydrogen-bond donors (Lipinski definition) is 0. The average Bonchev–Trinajstić information content (AvgIpc) is 2.79. The molecule has 1 aromatic carbocycles. The Morgan fingerprint density at radius 3 is 2.46 bits per heavy atom. The van der Waals surface area contributed by atoms with Gasteiger partial charge in [-0.05, 0) is 78.9 Å². The molecule has 0 aromatic heterocycles. The van der Waals surface area contributed by atoms with Crippen LogP contribution in [-0.4, -0.2) is 7.11 Å². The zero-order valence-electron chi connectivity index (χ0n) is 16.5. The fraction of sp³-hybridized carbons (Fsp3) is 0.739. The summed E-state index contributed by atoms with van der Waals surface area (Å²) in [4.78, 5) is 0. The van der Waals surface area contributed by atoms with E-state index in [4.69, 9.17) is 4.74 Å². The molecule has 0 aliphatic heterocycles. The molecule has 2 fully saturated rings. The largest absolute Gasteiger partial charge is 0.496 e. The Hall–Kier alpha value is -0.980. The molecule has 1 heteroatoms. The van der Waals surface area contributed by atoms with E-state index in [0.717, 1.165) is 17.6 Å². The molecule has 0 amide bonds. The minimum Gasteiger partial charge on any atom is -0.496 e. The maximum Gasteiger partial charge on any atom is 0.123 e. The van der Waals surface area contributed by atoms with Gasteiger partial charge in [-0.3, -0.25) is 0 Å². The molecule has 0 spiro atoms. The quantitative estimate of drug-likeness (QED) is 0.609. The molecular formula is C23H34O. The third-order valence-corrected chi connectivity index (χ3v) is 8.34. The number of ether oxygens (including phenoxy) is 1. The summed E-state index contributed by atoms with van der Waals surface area (Å²) in [6.45, 7) is 12.5. The van der Waals surface area contributed by atoms with Gasteiger partial charge in [0.2, 0.25) is 0 Å². The lowest BCUT2D eigenvalue weighted by molar-refractivity contribution is -0.0984. The van der Waals surface area contributed by atoms with Crippen LogP contribution in [0.1, 0.15) is 76.5 Å². The third kappa shape index (κ3) is 1.99. The van der Waals surface area contributed by atoms with Gasteiger partial charge in [0.25, 0.3) is 0 Å². The molecule has 2 saturated carbocycles. The summed E-state index contributed by atoms with van der Waals surface area (Å²) in [5, 5.41) is 0. The van der Waals surface area contributed by atoms with Crippen LogP contribution in [0, 0.1) is 29.6 Å². The Morgan fingerprint density at radius 1 is 1.00 bits per heavy atom. The van der Waals surface area contributed by atoms with Gasteiger partial charge in [0.15, 0.2) is 0 Å². The molecular weight excluding hydrogens is 292 g/mol. The van der Waals surface area contributed by atoms with Crippen LogP contribution in [0.4, 0.5) is 0 Å². The van der Waals surface area contributed by atoms with E-state index in [1.54, 1.807) is 11.1 Å². The number of benzene rings is 1. The number of fused-ring (bicyclic) bond motifs is 5. The molecule has 3 aliphatic carbocycles. The van der Waals surface area contributed by atoms with Gasteiger partial charge < -0.3 is 4.74 Å². The van der Waals surface area contributed by atoms with E-state index in [0.29, 0.717) is 16.2 Å². The normalized spacial score (nSPS) is 39.8. The van der Waals surface area contributed by atoms with E-state index >= 15 is 0 Å². The van der Waals surface area contributed by atoms with Crippen LogP contribution in [0.15, 0.2) is 12.1 Å². The lowest BCUT2D eigenvalue weighted by Gasteiger charge is -2.61. The monoisotopic (exact) mass is 326 g/mol. The van der Waals surface area contributed by atoms with Crippen LogP contribution in [0.25, 0.3) is 0 Å². The van der Waals surface area contributed by atoms with Gasteiger partial charge in [-0.2, -0.15) is 0 Å². The molecule has 3 aliphatic rings. The van der Waals surface area contributed by atoms with Crippen LogP contribution in [-0.2, 0) is 11.8 Å². The van der Waals surface area contributed by atoms with Gasteiger partial charge in [-0.15, -0.1) is 0 Å². The van der Waals surface area contributed by atoms with Gasteiger partial charge in [-0.25, -0.2) is 0 Å². The Morgan fingerprint density at radius 2 is 1.75 bits per heavy atom. The number of aryl methyl sites for hydroxylation is 1. The summed E-state index contributed by atoms with van der Waals surface area (Å²) in [7, 11) is 1.85. The summed E-state index contributed by atoms with van der Waals surface area (Å²) in [6, 6.07) is 4.69. The minimum absolute atomic E-state index is 0.299. The highest BCUT2D eigenvalue weighted by molar-refractivity contribution is 5.53. The van der Waals surface area contributed by atoms with E-state index in [9.17, 15) is 0 Å². The second-order valence-corrected chi connectivity index (χ2v) is 10.1. The van der Waals surface area contributed by atoms with Gasteiger partial charge in [0.1, 0.15) is 5.75 Å². The second kappa shape index (κ2) is 5.02. The van der Waals surface area contributed by atoms with Gasteiger partial charge in [0, 0.05) is 11.0 Å². The van der Waals surface area contributed by atoms with Crippen molar-refractivity contribution in [2.45, 2.75) is 78.6 Å². The summed E-state index contributed by atoms with van der Waals surface area (Å²) in [6.07, 6.45) is 8.19. The van der Waals surface area contributed by atoms with Gasteiger partial charge in [0.05, 0.1) is 7.11 Å². The van der Waals surface area contributed by atoms with Crippen LogP contribution in [0.3, 0.4) is 0 Å². The zero-order chi connectivity index (χ0) is 17.3. The molecule has 0 saturated heterocycles. The molecule has 1 aromatic rings. The summed E-state index contributed by atoms with van der Waals surface area (Å²) in [5.74, 6) is 2.79. The smallest absolute Gasteiger partial charge is 0.123 e. The predicted octanol–water partition coefficient (Wildman–Crippen LogP) is 6.06. The van der Waals surface area contributed by atoms with Crippen LogP contribution < -0.4 is 4.74 Å². The maximum absolute atomic E-state index is 5.86. The molecule has 132 valence electrons. The van der Waals surface area contributed by atoms with Gasteiger partial charge in [-0.1, -0.05) is 40.2 Å². The van der Waals surface area contributed by atoms with Crippen LogP contribution >= 0.6 is 0 Å². The molecule has 0 radical (unpaired) electrons. The molecule has 24 heavy (non-hydrogen) atoms. The van der Waals surface area contributed by atoms with E-state index in [2.05, 4.69) is 46.8 Å². The molecule has 1 nitrogen and oxygen atoms in total. The van der Waals surface area contributed by atoms with Crippen molar-refractivity contribution in [2.24, 2.45) is 22.7 Å². The summed E-state index contributed by atoms with van der Waals surface area (Å²) >= 11 is 0. The lowest BCUT2D eigenvalue weighted by Crippen LogP contribution is -2.55. The van der Waals surface area contributed by atoms with E-state index in [-0.39, 0.29) is 0 Å². The SMILES string of the molecule is COc1cc(C)cc2c1[C@]1(C)CC[C@H]3C(C)(C)CCC[C@]3(C)[C@H]1C2. The van der Waals surface area contributed by atoms with Crippen molar-refractivity contribution in [3.8, 4) is 5.75 Å². The zero-order valence-corrected chi connectivity index (χ0v) is 16.5. The van der Waals surface area contributed by atoms with Gasteiger partial charge >= 0.3 is 0 Å². The molecule has 0 N–H and O–H groups in total. The first kappa shape index (κ1) is 16.5. The highest BCUT2D eigenvalue weighted by Gasteiger charge is 2.61. The number of rotatable bonds is 1. The molecule has 0 unspecified atom stereocenters. The first-order valence-electron chi connectivity index (χ1n) is 9.90. The van der Waals surface area contributed by atoms with Crippen molar-refractivity contribution in [3.63, 3.8) is 0 Å². The fourth-order valence-corrected chi connectivity index (χ4v) is 7.42. The first-order valence-corrected chi connectivity index (χ1v) is 9.90. The molecule has 4 atom stereocenters. The lowest BCUT2D eigenvalue weighted by atomic mass is 9.43. The van der Waals surface area contributed by atoms with E-state index in [1.165, 1.54) is 44.1 Å². The highest BCUT2D eigenvalue weighted by atomic mass is 16.5. The highest BCUT2D eigenvalue weighted by Crippen LogP contribution is 2.68. The average molecular weight is 327 g/mol. The van der Waals surface area contributed by atoms with E-state index in [1.807, 2.05) is 7.11 Å². The fourth-order valence-electron chi connectivity index (χ4n) is 7.42. The summed E-state index contributed by atoms with van der Waals surface area (Å²) < 4.78 is 5.86. The first-order chi connectivity index (χ1) is 11.2. The molecule has 0 heterocycles. The number of methoxy groups -OCH3 is 1. The Bertz CT molecular complexity index is 673. The standard InChI is InChI=1S/C23H34O/c1-15-12-16-14-19-22(4)10-7-9-21(2,3)18(22)8-11-23(19,5)20(16)17(13-15)24-6/h12-13,18-19H,7-11,14H2,1-6H3/t18-,19+,22-,23+/m0/s1. The maximum atomic E-state index is 5.86. The minimum atomic E-state index is 0.299. The van der Waals surface area contributed by atoms with Crippen molar-refractivity contribution in [1.82, 2.24) is 0 Å². The Labute approximate surface area is 148 Å². The van der Waals surface area contributed by atoms with Crippen LogP contribution in [0.2, 0.25) is 0 Å². The van der Waals surface area contributed by atoms with Crippen LogP contribution in [0.5, 0.6) is 5.75 Å². The topological polar surface area (TPSA) is 9.23 Å². The third-order valence-electron chi connectivity index (χ3n) is 8.34. The van der Waals surface area contributed by atoms with Crippen molar-refractivity contribution in [2.75, 3.05) is 7.11 Å². The van der Waals surface area contributed by atoms with Crippen molar-refractivity contribution in [3.05, 3.63) is 28.8 Å². The summed E-state index contributed by atoms with van der Waals surface area (Å²) in [5.41, 5.74) is 5.75. The Kier molecular flexibility index (Phi) is 3.45. The number of hydrogen-bond acceptors (Lipinski definition) is 1. The predicted molar refractivity (Wildman–Crippen MR) is 101 cm³/mol. The second-order valence-electron chi connectivity index (χ2n) is 10.1. The Balaban J connectivity index is 1.84. The van der Waals surface area contributed by atoms with Crippen molar-refractivity contribution >= 4 is 0 Å². The van der Waals surface area contributed by atoms with Crippen molar-refractivity contribution < 1.29 is 4.74 Å².